The van der Waals surface area contributed by atoms with Gasteiger partial charge in [0.05, 0.1) is 5.69 Å². The highest BCUT2D eigenvalue weighted by atomic mass is 14.9. The van der Waals surface area contributed by atoms with Crippen LogP contribution >= 0.6 is 0 Å². The smallest absolute Gasteiger partial charge is 0.159 e. The SMILES string of the molecule is NCc1cccc(-c2nccc(-c3ccccc3)n2)c1. The highest BCUT2D eigenvalue weighted by molar-refractivity contribution is 5.63. The van der Waals surface area contributed by atoms with E-state index in [1.165, 1.54) is 0 Å². The summed E-state index contributed by atoms with van der Waals surface area (Å²) in [4.78, 5) is 9.00. The lowest BCUT2D eigenvalue weighted by Gasteiger charge is -2.05. The van der Waals surface area contributed by atoms with Crippen LogP contribution in [-0.4, -0.2) is 9.97 Å². The summed E-state index contributed by atoms with van der Waals surface area (Å²) in [6.45, 7) is 0.520. The lowest BCUT2D eigenvalue weighted by atomic mass is 10.1. The van der Waals surface area contributed by atoms with Gasteiger partial charge in [0, 0.05) is 23.9 Å². The number of hydrogen-bond acceptors (Lipinski definition) is 3. The zero-order chi connectivity index (χ0) is 13.8. The van der Waals surface area contributed by atoms with Crippen LogP contribution in [0.25, 0.3) is 22.6 Å². The number of benzene rings is 2. The first-order valence-electron chi connectivity index (χ1n) is 6.54. The van der Waals surface area contributed by atoms with E-state index in [1.54, 1.807) is 6.20 Å². The van der Waals surface area contributed by atoms with Gasteiger partial charge < -0.3 is 5.73 Å². The first kappa shape index (κ1) is 12.5. The molecule has 0 unspecified atom stereocenters. The Morgan fingerprint density at radius 2 is 1.65 bits per heavy atom. The van der Waals surface area contributed by atoms with Gasteiger partial charge in [-0.3, -0.25) is 0 Å². The van der Waals surface area contributed by atoms with Crippen LogP contribution in [0.5, 0.6) is 0 Å². The van der Waals surface area contributed by atoms with Gasteiger partial charge in [-0.1, -0.05) is 48.5 Å². The number of rotatable bonds is 3. The molecule has 1 heterocycles. The maximum absolute atomic E-state index is 5.68. The largest absolute Gasteiger partial charge is 0.326 e. The third-order valence-electron chi connectivity index (χ3n) is 3.15. The average molecular weight is 261 g/mol. The van der Waals surface area contributed by atoms with Crippen molar-refractivity contribution in [1.29, 1.82) is 0 Å². The molecule has 0 amide bonds. The van der Waals surface area contributed by atoms with Gasteiger partial charge in [-0.25, -0.2) is 9.97 Å². The zero-order valence-electron chi connectivity index (χ0n) is 11.0. The molecular formula is C17H15N3. The van der Waals surface area contributed by atoms with Crippen molar-refractivity contribution in [2.45, 2.75) is 6.54 Å². The number of aromatic nitrogens is 2. The minimum atomic E-state index is 0.520. The van der Waals surface area contributed by atoms with E-state index in [-0.39, 0.29) is 0 Å². The van der Waals surface area contributed by atoms with Gasteiger partial charge in [-0.05, 0) is 17.7 Å². The molecule has 0 aliphatic rings. The van der Waals surface area contributed by atoms with E-state index in [9.17, 15) is 0 Å². The van der Waals surface area contributed by atoms with Crippen LogP contribution in [0.1, 0.15) is 5.56 Å². The Bertz CT molecular complexity index is 708. The third kappa shape index (κ3) is 2.58. The lowest BCUT2D eigenvalue weighted by molar-refractivity contribution is 1.07. The van der Waals surface area contributed by atoms with Crippen molar-refractivity contribution >= 4 is 0 Å². The summed E-state index contributed by atoms with van der Waals surface area (Å²) in [7, 11) is 0. The number of nitrogens with zero attached hydrogens (tertiary/aromatic N) is 2. The molecule has 3 heteroatoms. The molecule has 1 aromatic heterocycles. The molecule has 0 radical (unpaired) electrons. The summed E-state index contributed by atoms with van der Waals surface area (Å²) in [5.41, 5.74) is 9.76. The van der Waals surface area contributed by atoms with Crippen LogP contribution in [0, 0.1) is 0 Å². The molecule has 0 bridgehead atoms. The summed E-state index contributed by atoms with van der Waals surface area (Å²) >= 11 is 0. The second-order valence-electron chi connectivity index (χ2n) is 4.54. The van der Waals surface area contributed by atoms with Crippen LogP contribution in [0.2, 0.25) is 0 Å². The molecule has 20 heavy (non-hydrogen) atoms. The van der Waals surface area contributed by atoms with Crippen LogP contribution in [0.4, 0.5) is 0 Å². The van der Waals surface area contributed by atoms with E-state index in [1.807, 2.05) is 60.7 Å². The minimum Gasteiger partial charge on any atom is -0.326 e. The second kappa shape index (κ2) is 5.63. The molecule has 0 atom stereocenters. The fourth-order valence-electron chi connectivity index (χ4n) is 2.10. The Morgan fingerprint density at radius 3 is 2.45 bits per heavy atom. The van der Waals surface area contributed by atoms with Gasteiger partial charge in [0.1, 0.15) is 0 Å². The van der Waals surface area contributed by atoms with E-state index in [2.05, 4.69) is 9.97 Å². The lowest BCUT2D eigenvalue weighted by Crippen LogP contribution is -1.97. The van der Waals surface area contributed by atoms with Gasteiger partial charge in [0.15, 0.2) is 5.82 Å². The van der Waals surface area contributed by atoms with E-state index < -0.39 is 0 Å². The molecular weight excluding hydrogens is 246 g/mol. The van der Waals surface area contributed by atoms with Crippen molar-refractivity contribution in [1.82, 2.24) is 9.97 Å². The predicted molar refractivity (Wildman–Crippen MR) is 80.8 cm³/mol. The Kier molecular flexibility index (Phi) is 3.52. The van der Waals surface area contributed by atoms with Crippen LogP contribution < -0.4 is 5.73 Å². The molecule has 3 aromatic rings. The second-order valence-corrected chi connectivity index (χ2v) is 4.54. The maximum Gasteiger partial charge on any atom is 0.159 e. The van der Waals surface area contributed by atoms with Crippen molar-refractivity contribution in [3.8, 4) is 22.6 Å². The highest BCUT2D eigenvalue weighted by Crippen LogP contribution is 2.21. The van der Waals surface area contributed by atoms with Crippen molar-refractivity contribution in [2.24, 2.45) is 5.73 Å². The van der Waals surface area contributed by atoms with E-state index >= 15 is 0 Å². The Hall–Kier alpha value is -2.52. The van der Waals surface area contributed by atoms with E-state index in [4.69, 9.17) is 5.73 Å². The van der Waals surface area contributed by atoms with Crippen molar-refractivity contribution in [3.05, 3.63) is 72.4 Å². The van der Waals surface area contributed by atoms with E-state index in [0.29, 0.717) is 6.54 Å². The average Bonchev–Trinajstić information content (AvgIpc) is 2.56. The molecule has 0 aliphatic heterocycles. The molecule has 2 aromatic carbocycles. The van der Waals surface area contributed by atoms with Crippen LogP contribution in [0.3, 0.4) is 0 Å². The monoisotopic (exact) mass is 261 g/mol. The molecule has 0 saturated carbocycles. The third-order valence-corrected chi connectivity index (χ3v) is 3.15. The maximum atomic E-state index is 5.68. The van der Waals surface area contributed by atoms with Crippen LogP contribution in [0.15, 0.2) is 66.9 Å². The fourth-order valence-corrected chi connectivity index (χ4v) is 2.10. The van der Waals surface area contributed by atoms with Crippen LogP contribution in [-0.2, 0) is 6.54 Å². The van der Waals surface area contributed by atoms with Crippen molar-refractivity contribution in [2.75, 3.05) is 0 Å². The predicted octanol–water partition coefficient (Wildman–Crippen LogP) is 3.27. The number of nitrogens with two attached hydrogens (primary N) is 1. The Balaban J connectivity index is 2.03. The van der Waals surface area contributed by atoms with Gasteiger partial charge in [0.2, 0.25) is 0 Å². The molecule has 2 N–H and O–H groups in total. The normalized spacial score (nSPS) is 10.4. The van der Waals surface area contributed by atoms with Gasteiger partial charge in [-0.15, -0.1) is 0 Å². The highest BCUT2D eigenvalue weighted by Gasteiger charge is 2.04. The minimum absolute atomic E-state index is 0.520. The van der Waals surface area contributed by atoms with E-state index in [0.717, 1.165) is 28.2 Å². The first-order valence-corrected chi connectivity index (χ1v) is 6.54. The Labute approximate surface area is 118 Å². The number of hydrogen-bond donors (Lipinski definition) is 1. The summed E-state index contributed by atoms with van der Waals surface area (Å²) in [6, 6.07) is 20.0. The molecule has 0 spiro atoms. The van der Waals surface area contributed by atoms with Gasteiger partial charge in [0.25, 0.3) is 0 Å². The topological polar surface area (TPSA) is 51.8 Å². The summed E-state index contributed by atoms with van der Waals surface area (Å²) in [6.07, 6.45) is 1.79. The molecule has 0 aliphatic carbocycles. The van der Waals surface area contributed by atoms with Gasteiger partial charge >= 0.3 is 0 Å². The quantitative estimate of drug-likeness (QED) is 0.787. The first-order chi connectivity index (χ1) is 9.86. The summed E-state index contributed by atoms with van der Waals surface area (Å²) < 4.78 is 0. The standard InChI is InChI=1S/C17H15N3/c18-12-13-5-4-8-15(11-13)17-19-10-9-16(20-17)14-6-2-1-3-7-14/h1-11H,12,18H2. The molecule has 0 fully saturated rings. The Morgan fingerprint density at radius 1 is 0.850 bits per heavy atom. The van der Waals surface area contributed by atoms with Crippen molar-refractivity contribution < 1.29 is 0 Å². The zero-order valence-corrected chi connectivity index (χ0v) is 11.0. The molecule has 3 rings (SSSR count). The summed E-state index contributed by atoms with van der Waals surface area (Å²) in [5.74, 6) is 0.724. The van der Waals surface area contributed by atoms with Crippen molar-refractivity contribution in [3.63, 3.8) is 0 Å². The molecule has 3 nitrogen and oxygen atoms in total. The fraction of sp³-hybridized carbons (Fsp3) is 0.0588. The summed E-state index contributed by atoms with van der Waals surface area (Å²) in [5, 5.41) is 0. The molecule has 98 valence electrons. The van der Waals surface area contributed by atoms with Gasteiger partial charge in [-0.2, -0.15) is 0 Å². The molecule has 0 saturated heterocycles.